The lowest BCUT2D eigenvalue weighted by Gasteiger charge is -2.08. The molecule has 0 saturated carbocycles. The summed E-state index contributed by atoms with van der Waals surface area (Å²) in [7, 11) is 0. The monoisotopic (exact) mass is 282 g/mol. The number of anilines is 1. The van der Waals surface area contributed by atoms with Crippen molar-refractivity contribution in [3.05, 3.63) is 24.3 Å². The first-order valence-corrected chi connectivity index (χ1v) is 5.48. The zero-order valence-electron chi connectivity index (χ0n) is 9.02. The summed E-state index contributed by atoms with van der Waals surface area (Å²) in [6.07, 6.45) is 0. The summed E-state index contributed by atoms with van der Waals surface area (Å²) >= 11 is 0.462. The van der Waals surface area contributed by atoms with Crippen LogP contribution in [0.15, 0.2) is 29.2 Å². The van der Waals surface area contributed by atoms with Gasteiger partial charge in [-0.1, -0.05) is 11.8 Å². The molecule has 96 valence electrons. The minimum absolute atomic E-state index is 0. The first-order chi connectivity index (χ1) is 7.49. The highest BCUT2D eigenvalue weighted by Gasteiger charge is 2.08. The van der Waals surface area contributed by atoms with Crippen LogP contribution >= 0.6 is 24.2 Å². The van der Waals surface area contributed by atoms with Crippen molar-refractivity contribution < 1.29 is 13.6 Å². The summed E-state index contributed by atoms with van der Waals surface area (Å²) in [4.78, 5) is 11.7. The maximum Gasteiger partial charge on any atom is 0.288 e. The van der Waals surface area contributed by atoms with Crippen LogP contribution in [0.2, 0.25) is 0 Å². The van der Waals surface area contributed by atoms with Gasteiger partial charge >= 0.3 is 0 Å². The van der Waals surface area contributed by atoms with Crippen LogP contribution in [-0.2, 0) is 4.79 Å². The van der Waals surface area contributed by atoms with Crippen molar-refractivity contribution in [2.45, 2.75) is 23.6 Å². The summed E-state index contributed by atoms with van der Waals surface area (Å²) in [5.74, 6) is -2.75. The lowest BCUT2D eigenvalue weighted by Crippen LogP contribution is -2.32. The molecular formula is C10H13ClF2N2OS. The molecule has 0 fully saturated rings. The number of hydrogen-bond acceptors (Lipinski definition) is 3. The molecule has 0 aliphatic heterocycles. The van der Waals surface area contributed by atoms with E-state index in [9.17, 15) is 13.6 Å². The molecule has 3 nitrogen and oxygen atoms in total. The Hall–Kier alpha value is -0.850. The van der Waals surface area contributed by atoms with Gasteiger partial charge < -0.3 is 11.1 Å². The molecule has 0 aliphatic carbocycles. The Bertz CT molecular complexity index is 360. The number of halogens is 3. The maximum absolute atomic E-state index is 12.0. The molecule has 0 bridgehead atoms. The number of benzene rings is 1. The molecule has 1 aromatic rings. The fraction of sp³-hybridized carbons (Fsp3) is 0.300. The van der Waals surface area contributed by atoms with Crippen molar-refractivity contribution in [2.75, 3.05) is 5.32 Å². The van der Waals surface area contributed by atoms with E-state index in [2.05, 4.69) is 5.32 Å². The van der Waals surface area contributed by atoms with E-state index in [1.807, 2.05) is 0 Å². The third kappa shape index (κ3) is 5.86. The number of amides is 1. The lowest BCUT2D eigenvalue weighted by molar-refractivity contribution is -0.117. The van der Waals surface area contributed by atoms with Crippen LogP contribution in [-0.4, -0.2) is 17.7 Å². The predicted octanol–water partition coefficient (Wildman–Crippen LogP) is 2.71. The highest BCUT2D eigenvalue weighted by molar-refractivity contribution is 7.99. The Labute approximate surface area is 109 Å². The summed E-state index contributed by atoms with van der Waals surface area (Å²) in [5.41, 5.74) is 5.91. The van der Waals surface area contributed by atoms with E-state index in [-0.39, 0.29) is 18.3 Å². The second-order valence-electron chi connectivity index (χ2n) is 3.18. The van der Waals surface area contributed by atoms with E-state index in [1.165, 1.54) is 12.1 Å². The van der Waals surface area contributed by atoms with E-state index in [4.69, 9.17) is 5.73 Å². The smallest absolute Gasteiger partial charge is 0.288 e. The molecule has 1 rings (SSSR count). The zero-order chi connectivity index (χ0) is 12.1. The number of alkyl halides is 2. The van der Waals surface area contributed by atoms with Crippen LogP contribution in [0.3, 0.4) is 0 Å². The van der Waals surface area contributed by atoms with E-state index < -0.39 is 11.8 Å². The SMILES string of the molecule is C[C@H](N)C(=O)Nc1ccc(SC(F)F)cc1.Cl. The Morgan fingerprint density at radius 3 is 2.29 bits per heavy atom. The molecule has 0 saturated heterocycles. The van der Waals surface area contributed by atoms with Crippen LogP contribution in [0.25, 0.3) is 0 Å². The first-order valence-electron chi connectivity index (χ1n) is 4.60. The molecule has 7 heteroatoms. The van der Waals surface area contributed by atoms with Gasteiger partial charge in [-0.05, 0) is 31.2 Å². The Morgan fingerprint density at radius 1 is 1.35 bits per heavy atom. The van der Waals surface area contributed by atoms with Crippen molar-refractivity contribution in [1.29, 1.82) is 0 Å². The molecule has 0 aromatic heterocycles. The first kappa shape index (κ1) is 16.1. The third-order valence-corrected chi connectivity index (χ3v) is 2.48. The van der Waals surface area contributed by atoms with Gasteiger partial charge in [-0.25, -0.2) is 0 Å². The Kier molecular flexibility index (Phi) is 7.10. The molecular weight excluding hydrogens is 270 g/mol. The normalized spacial score (nSPS) is 11.8. The fourth-order valence-electron chi connectivity index (χ4n) is 0.976. The van der Waals surface area contributed by atoms with Crippen LogP contribution in [0.5, 0.6) is 0 Å². The topological polar surface area (TPSA) is 55.1 Å². The van der Waals surface area contributed by atoms with Crippen molar-refractivity contribution in [1.82, 2.24) is 0 Å². The van der Waals surface area contributed by atoms with Gasteiger partial charge in [0.1, 0.15) is 0 Å². The van der Waals surface area contributed by atoms with Gasteiger partial charge in [0.25, 0.3) is 5.76 Å². The van der Waals surface area contributed by atoms with Gasteiger partial charge in [-0.2, -0.15) is 8.78 Å². The van der Waals surface area contributed by atoms with E-state index in [0.717, 1.165) is 0 Å². The van der Waals surface area contributed by atoms with Crippen LogP contribution < -0.4 is 11.1 Å². The van der Waals surface area contributed by atoms with Gasteiger partial charge in [0, 0.05) is 10.6 Å². The van der Waals surface area contributed by atoms with E-state index in [1.54, 1.807) is 19.1 Å². The van der Waals surface area contributed by atoms with Gasteiger partial charge in [0.05, 0.1) is 6.04 Å². The van der Waals surface area contributed by atoms with Gasteiger partial charge in [-0.15, -0.1) is 12.4 Å². The second kappa shape index (κ2) is 7.47. The van der Waals surface area contributed by atoms with Crippen molar-refractivity contribution in [3.8, 4) is 0 Å². The summed E-state index contributed by atoms with van der Waals surface area (Å²) < 4.78 is 24.0. The average Bonchev–Trinajstić information content (AvgIpc) is 2.20. The molecule has 1 amide bonds. The molecule has 0 aliphatic rings. The van der Waals surface area contributed by atoms with Crippen molar-refractivity contribution in [2.24, 2.45) is 5.73 Å². The van der Waals surface area contributed by atoms with E-state index >= 15 is 0 Å². The summed E-state index contributed by atoms with van der Waals surface area (Å²) in [6.45, 7) is 1.57. The number of nitrogens with one attached hydrogen (secondary N) is 1. The highest BCUT2D eigenvalue weighted by Crippen LogP contribution is 2.26. The minimum atomic E-state index is -2.44. The second-order valence-corrected chi connectivity index (χ2v) is 4.24. The molecule has 0 heterocycles. The van der Waals surface area contributed by atoms with Gasteiger partial charge in [0.15, 0.2) is 0 Å². The third-order valence-electron chi connectivity index (χ3n) is 1.76. The molecule has 17 heavy (non-hydrogen) atoms. The predicted molar refractivity (Wildman–Crippen MR) is 67.8 cm³/mol. The lowest BCUT2D eigenvalue weighted by atomic mass is 10.3. The number of carbonyl (C=O) groups excluding carboxylic acids is 1. The average molecular weight is 283 g/mol. The van der Waals surface area contributed by atoms with Gasteiger partial charge in [-0.3, -0.25) is 4.79 Å². The maximum atomic E-state index is 12.0. The molecule has 0 spiro atoms. The highest BCUT2D eigenvalue weighted by atomic mass is 35.5. The minimum Gasteiger partial charge on any atom is -0.325 e. The fourth-order valence-corrected chi connectivity index (χ4v) is 1.47. The number of thioether (sulfide) groups is 1. The number of carbonyl (C=O) groups is 1. The van der Waals surface area contributed by atoms with E-state index in [0.29, 0.717) is 22.3 Å². The zero-order valence-corrected chi connectivity index (χ0v) is 10.7. The summed E-state index contributed by atoms with van der Waals surface area (Å²) in [5, 5.41) is 2.56. The number of hydrogen-bond donors (Lipinski definition) is 2. The number of rotatable bonds is 4. The van der Waals surface area contributed by atoms with Gasteiger partial charge in [0.2, 0.25) is 5.91 Å². The summed E-state index contributed by atoms with van der Waals surface area (Å²) in [6, 6.07) is 5.56. The van der Waals surface area contributed by atoms with Crippen molar-refractivity contribution >= 4 is 35.8 Å². The molecule has 3 N–H and O–H groups in total. The number of nitrogens with two attached hydrogens (primary N) is 1. The van der Waals surface area contributed by atoms with Crippen LogP contribution in [0, 0.1) is 0 Å². The molecule has 0 unspecified atom stereocenters. The molecule has 1 aromatic carbocycles. The van der Waals surface area contributed by atoms with Crippen molar-refractivity contribution in [3.63, 3.8) is 0 Å². The largest absolute Gasteiger partial charge is 0.325 e. The standard InChI is InChI=1S/C10H12F2N2OS.ClH/c1-6(13)9(15)14-7-2-4-8(5-3-7)16-10(11)12;/h2-6,10H,13H2,1H3,(H,14,15);1H/t6-;/m0./s1. The van der Waals surface area contributed by atoms with Crippen LogP contribution in [0.4, 0.5) is 14.5 Å². The molecule has 0 radical (unpaired) electrons. The molecule has 1 atom stereocenters. The van der Waals surface area contributed by atoms with Crippen LogP contribution in [0.1, 0.15) is 6.92 Å². The Morgan fingerprint density at radius 2 is 1.88 bits per heavy atom. The quantitative estimate of drug-likeness (QED) is 0.835. The Balaban J connectivity index is 0.00000256.